The van der Waals surface area contributed by atoms with Crippen molar-refractivity contribution in [3.05, 3.63) is 18.2 Å². The van der Waals surface area contributed by atoms with E-state index in [2.05, 4.69) is 4.72 Å². The van der Waals surface area contributed by atoms with Gasteiger partial charge in [-0.1, -0.05) is 0 Å². The second-order valence-electron chi connectivity index (χ2n) is 4.09. The Kier molecular flexibility index (Phi) is 6.77. The molecule has 3 N–H and O–H groups in total. The maximum atomic E-state index is 12.2. The van der Waals surface area contributed by atoms with Gasteiger partial charge in [0, 0.05) is 25.4 Å². The van der Waals surface area contributed by atoms with Crippen LogP contribution >= 0.6 is 0 Å². The van der Waals surface area contributed by atoms with Crippen molar-refractivity contribution in [2.24, 2.45) is 0 Å². The summed E-state index contributed by atoms with van der Waals surface area (Å²) in [6.45, 7) is 5.53. The zero-order chi connectivity index (χ0) is 15.0. The van der Waals surface area contributed by atoms with Gasteiger partial charge in [0.15, 0.2) is 0 Å². The van der Waals surface area contributed by atoms with Crippen molar-refractivity contribution < 1.29 is 17.9 Å². The van der Waals surface area contributed by atoms with Crippen LogP contribution in [-0.2, 0) is 14.8 Å². The first-order valence-corrected chi connectivity index (χ1v) is 8.09. The number of sulfonamides is 1. The highest BCUT2D eigenvalue weighted by molar-refractivity contribution is 7.89. The summed E-state index contributed by atoms with van der Waals surface area (Å²) in [5.41, 5.74) is 6.02. The van der Waals surface area contributed by atoms with Crippen LogP contribution in [0.2, 0.25) is 0 Å². The van der Waals surface area contributed by atoms with Crippen molar-refractivity contribution in [1.82, 2.24) is 4.72 Å². The van der Waals surface area contributed by atoms with Crippen molar-refractivity contribution >= 4 is 15.7 Å². The molecule has 1 rings (SSSR count). The molecule has 0 fully saturated rings. The van der Waals surface area contributed by atoms with Gasteiger partial charge in [-0.05, 0) is 38.5 Å². The molecule has 0 atom stereocenters. The number of anilines is 1. The second-order valence-corrected chi connectivity index (χ2v) is 5.82. The fourth-order valence-electron chi connectivity index (χ4n) is 1.61. The topological polar surface area (TPSA) is 90.7 Å². The van der Waals surface area contributed by atoms with Gasteiger partial charge in [0.1, 0.15) is 10.6 Å². The fraction of sp³-hybridized carbons (Fsp3) is 0.538. The first-order chi connectivity index (χ1) is 9.51. The Morgan fingerprint density at radius 2 is 2.00 bits per heavy atom. The lowest BCUT2D eigenvalue weighted by Gasteiger charge is -2.12. The molecular formula is C13H22N2O4S. The molecule has 0 radical (unpaired) electrons. The van der Waals surface area contributed by atoms with Crippen LogP contribution in [0, 0.1) is 0 Å². The Labute approximate surface area is 120 Å². The summed E-state index contributed by atoms with van der Waals surface area (Å²) in [5.74, 6) is 0.305. The molecule has 0 spiro atoms. The normalized spacial score (nSPS) is 11.5. The number of nitrogens with one attached hydrogen (secondary N) is 1. The van der Waals surface area contributed by atoms with Crippen LogP contribution in [0.25, 0.3) is 0 Å². The van der Waals surface area contributed by atoms with E-state index >= 15 is 0 Å². The van der Waals surface area contributed by atoms with Crippen LogP contribution in [0.1, 0.15) is 20.3 Å². The summed E-state index contributed by atoms with van der Waals surface area (Å²) in [5, 5.41) is 0. The van der Waals surface area contributed by atoms with Crippen molar-refractivity contribution in [2.75, 3.05) is 32.1 Å². The van der Waals surface area contributed by atoms with Crippen LogP contribution < -0.4 is 15.2 Å². The van der Waals surface area contributed by atoms with E-state index in [1.807, 2.05) is 6.92 Å². The minimum absolute atomic E-state index is 0.0655. The SMILES string of the molecule is CCOCCCNS(=O)(=O)c1cc(N)ccc1OCC. The molecule has 7 heteroatoms. The third-order valence-corrected chi connectivity index (χ3v) is 4.00. The van der Waals surface area contributed by atoms with Crippen LogP contribution in [0.4, 0.5) is 5.69 Å². The van der Waals surface area contributed by atoms with Gasteiger partial charge >= 0.3 is 0 Å². The Hall–Kier alpha value is -1.31. The maximum absolute atomic E-state index is 12.2. The van der Waals surface area contributed by atoms with E-state index in [-0.39, 0.29) is 4.90 Å². The highest BCUT2D eigenvalue weighted by Gasteiger charge is 2.19. The van der Waals surface area contributed by atoms with Gasteiger partial charge < -0.3 is 15.2 Å². The number of rotatable bonds is 9. The highest BCUT2D eigenvalue weighted by Crippen LogP contribution is 2.26. The van der Waals surface area contributed by atoms with Gasteiger partial charge in [-0.3, -0.25) is 0 Å². The van der Waals surface area contributed by atoms with Gasteiger partial charge in [0.05, 0.1) is 6.61 Å². The molecule has 1 aromatic rings. The van der Waals surface area contributed by atoms with Crippen LogP contribution in [0.3, 0.4) is 0 Å². The lowest BCUT2D eigenvalue weighted by Crippen LogP contribution is -2.26. The molecule has 0 bridgehead atoms. The Morgan fingerprint density at radius 1 is 1.25 bits per heavy atom. The number of nitrogen functional groups attached to an aromatic ring is 1. The average Bonchev–Trinajstić information content (AvgIpc) is 2.40. The van der Waals surface area contributed by atoms with Gasteiger partial charge in [0.2, 0.25) is 10.0 Å². The fourth-order valence-corrected chi connectivity index (χ4v) is 2.86. The number of nitrogens with two attached hydrogens (primary N) is 1. The summed E-state index contributed by atoms with van der Waals surface area (Å²) in [4.78, 5) is 0.0655. The highest BCUT2D eigenvalue weighted by atomic mass is 32.2. The number of benzene rings is 1. The van der Waals surface area contributed by atoms with E-state index in [0.29, 0.717) is 44.2 Å². The van der Waals surface area contributed by atoms with Crippen LogP contribution in [0.15, 0.2) is 23.1 Å². The van der Waals surface area contributed by atoms with Crippen molar-refractivity contribution in [3.63, 3.8) is 0 Å². The second kappa shape index (κ2) is 8.08. The molecule has 0 saturated carbocycles. The largest absolute Gasteiger partial charge is 0.492 e. The molecule has 0 heterocycles. The molecule has 6 nitrogen and oxygen atoms in total. The van der Waals surface area contributed by atoms with Crippen molar-refractivity contribution in [3.8, 4) is 5.75 Å². The Balaban J connectivity index is 2.77. The smallest absolute Gasteiger partial charge is 0.244 e. The summed E-state index contributed by atoms with van der Waals surface area (Å²) in [7, 11) is -3.63. The van der Waals surface area contributed by atoms with Crippen LogP contribution in [0.5, 0.6) is 5.75 Å². The predicted octanol–water partition coefficient (Wildman–Crippen LogP) is 1.37. The van der Waals surface area contributed by atoms with Crippen molar-refractivity contribution in [2.45, 2.75) is 25.2 Å². The maximum Gasteiger partial charge on any atom is 0.244 e. The molecule has 114 valence electrons. The first-order valence-electron chi connectivity index (χ1n) is 6.61. The molecule has 0 aliphatic heterocycles. The van der Waals surface area contributed by atoms with E-state index in [1.54, 1.807) is 19.1 Å². The van der Waals surface area contributed by atoms with E-state index in [4.69, 9.17) is 15.2 Å². The lowest BCUT2D eigenvalue weighted by atomic mass is 10.3. The number of hydrogen-bond donors (Lipinski definition) is 2. The summed E-state index contributed by atoms with van der Waals surface area (Å²) in [6.07, 6.45) is 0.610. The van der Waals surface area contributed by atoms with Crippen LogP contribution in [-0.4, -0.2) is 34.8 Å². The first kappa shape index (κ1) is 16.7. The van der Waals surface area contributed by atoms with E-state index in [0.717, 1.165) is 0 Å². The van der Waals surface area contributed by atoms with Gasteiger partial charge in [0.25, 0.3) is 0 Å². The predicted molar refractivity (Wildman–Crippen MR) is 78.3 cm³/mol. The molecule has 20 heavy (non-hydrogen) atoms. The zero-order valence-electron chi connectivity index (χ0n) is 11.9. The van der Waals surface area contributed by atoms with Crippen molar-refractivity contribution in [1.29, 1.82) is 0 Å². The molecule has 0 unspecified atom stereocenters. The van der Waals surface area contributed by atoms with Gasteiger partial charge in [-0.2, -0.15) is 0 Å². The molecule has 0 aromatic heterocycles. The van der Waals surface area contributed by atoms with E-state index in [1.165, 1.54) is 6.07 Å². The molecule has 1 aromatic carbocycles. The minimum Gasteiger partial charge on any atom is -0.492 e. The summed E-state index contributed by atoms with van der Waals surface area (Å²) in [6, 6.07) is 4.57. The third-order valence-electron chi connectivity index (χ3n) is 2.52. The van der Waals surface area contributed by atoms with Gasteiger partial charge in [-0.15, -0.1) is 0 Å². The average molecular weight is 302 g/mol. The third kappa shape index (κ3) is 4.99. The Morgan fingerprint density at radius 3 is 2.65 bits per heavy atom. The molecule has 0 aliphatic rings. The molecule has 0 saturated heterocycles. The summed E-state index contributed by atoms with van der Waals surface area (Å²) < 4.78 is 37.4. The molecule has 0 amide bonds. The van der Waals surface area contributed by atoms with Gasteiger partial charge in [-0.25, -0.2) is 13.1 Å². The molecular weight excluding hydrogens is 280 g/mol. The number of ether oxygens (including phenoxy) is 2. The summed E-state index contributed by atoms with van der Waals surface area (Å²) >= 11 is 0. The Bertz CT molecular complexity index is 517. The minimum atomic E-state index is -3.63. The quantitative estimate of drug-likeness (QED) is 0.531. The zero-order valence-corrected chi connectivity index (χ0v) is 12.7. The lowest BCUT2D eigenvalue weighted by molar-refractivity contribution is 0.146. The monoisotopic (exact) mass is 302 g/mol. The van der Waals surface area contributed by atoms with E-state index in [9.17, 15) is 8.42 Å². The van der Waals surface area contributed by atoms with E-state index < -0.39 is 10.0 Å². The molecule has 0 aliphatic carbocycles. The standard InChI is InChI=1S/C13H22N2O4S/c1-3-18-9-5-8-15-20(16,17)13-10-11(14)6-7-12(13)19-4-2/h6-7,10,15H,3-5,8-9,14H2,1-2H3. The number of hydrogen-bond acceptors (Lipinski definition) is 5.